The van der Waals surface area contributed by atoms with Gasteiger partial charge in [-0.25, -0.2) is 14.4 Å². The van der Waals surface area contributed by atoms with Crippen molar-refractivity contribution < 1.29 is 8.81 Å². The van der Waals surface area contributed by atoms with Gasteiger partial charge in [-0.05, 0) is 0 Å². The first-order valence-corrected chi connectivity index (χ1v) is 5.14. The predicted molar refractivity (Wildman–Crippen MR) is 59.6 cm³/mol. The number of aromatic nitrogens is 3. The van der Waals surface area contributed by atoms with Crippen LogP contribution in [-0.2, 0) is 13.0 Å². The monoisotopic (exact) mass is 237 g/mol. The number of oxazole rings is 1. The molecule has 17 heavy (non-hydrogen) atoms. The summed E-state index contributed by atoms with van der Waals surface area (Å²) < 4.78 is 18.6. The molecule has 6 nitrogen and oxygen atoms in total. The Kier molecular flexibility index (Phi) is 3.17. The fourth-order valence-corrected chi connectivity index (χ4v) is 1.26. The average molecular weight is 237 g/mol. The van der Waals surface area contributed by atoms with Crippen LogP contribution < -0.4 is 11.1 Å². The summed E-state index contributed by atoms with van der Waals surface area (Å²) in [4.78, 5) is 11.3. The molecule has 0 saturated heterocycles. The molecular weight excluding hydrogens is 225 g/mol. The van der Waals surface area contributed by atoms with Crippen LogP contribution in [0.5, 0.6) is 0 Å². The number of nitrogen functional groups attached to an aromatic ring is 1. The quantitative estimate of drug-likeness (QED) is 0.834. The topological polar surface area (TPSA) is 89.9 Å². The molecule has 0 aliphatic carbocycles. The molecule has 90 valence electrons. The molecule has 0 radical (unpaired) electrons. The fraction of sp³-hybridized carbons (Fsp3) is 0.300. The molecule has 0 aliphatic rings. The molecule has 0 fully saturated rings. The second-order valence-corrected chi connectivity index (χ2v) is 3.35. The lowest BCUT2D eigenvalue weighted by molar-refractivity contribution is 0.465. The van der Waals surface area contributed by atoms with Gasteiger partial charge in [0.25, 0.3) is 0 Å². The van der Waals surface area contributed by atoms with Crippen molar-refractivity contribution in [3.63, 3.8) is 0 Å². The van der Waals surface area contributed by atoms with E-state index in [0.717, 1.165) is 18.4 Å². The first kappa shape index (κ1) is 11.3. The number of nitrogens with zero attached hydrogens (tertiary/aromatic N) is 3. The zero-order chi connectivity index (χ0) is 12.3. The molecule has 2 aromatic rings. The number of halogens is 1. The highest BCUT2D eigenvalue weighted by Gasteiger charge is 2.07. The number of nitrogens with one attached hydrogen (secondary N) is 1. The van der Waals surface area contributed by atoms with Crippen molar-refractivity contribution in [3.8, 4) is 0 Å². The summed E-state index contributed by atoms with van der Waals surface area (Å²) in [6.45, 7) is 2.20. The van der Waals surface area contributed by atoms with E-state index in [0.29, 0.717) is 5.89 Å². The molecule has 0 aromatic carbocycles. The van der Waals surface area contributed by atoms with E-state index in [4.69, 9.17) is 10.2 Å². The Hall–Kier alpha value is -2.18. The first-order valence-electron chi connectivity index (χ1n) is 5.14. The van der Waals surface area contributed by atoms with Gasteiger partial charge in [0.05, 0.1) is 18.9 Å². The highest BCUT2D eigenvalue weighted by atomic mass is 19.1. The lowest BCUT2D eigenvalue weighted by Crippen LogP contribution is -2.06. The highest BCUT2D eigenvalue weighted by Crippen LogP contribution is 2.12. The molecule has 2 heterocycles. The summed E-state index contributed by atoms with van der Waals surface area (Å²) in [6, 6.07) is 0. The van der Waals surface area contributed by atoms with Gasteiger partial charge in [-0.3, -0.25) is 0 Å². The van der Waals surface area contributed by atoms with Crippen LogP contribution in [0.25, 0.3) is 0 Å². The second kappa shape index (κ2) is 4.77. The lowest BCUT2D eigenvalue weighted by atomic mass is 10.4. The zero-order valence-corrected chi connectivity index (χ0v) is 9.27. The highest BCUT2D eigenvalue weighted by molar-refractivity contribution is 5.38. The molecule has 3 N–H and O–H groups in total. The molecule has 7 heteroatoms. The van der Waals surface area contributed by atoms with Gasteiger partial charge < -0.3 is 15.5 Å². The third-order valence-electron chi connectivity index (χ3n) is 2.12. The lowest BCUT2D eigenvalue weighted by Gasteiger charge is -2.04. The van der Waals surface area contributed by atoms with Crippen LogP contribution in [0.3, 0.4) is 0 Å². The van der Waals surface area contributed by atoms with Crippen molar-refractivity contribution >= 4 is 11.8 Å². The molecule has 0 bridgehead atoms. The minimum Gasteiger partial charge on any atom is -0.444 e. The summed E-state index contributed by atoms with van der Waals surface area (Å²) in [7, 11) is 0. The predicted octanol–water partition coefficient (Wildman–Crippen LogP) is 1.36. The Balaban J connectivity index is 2.04. The zero-order valence-electron chi connectivity index (χ0n) is 9.27. The number of hydrogen-bond acceptors (Lipinski definition) is 6. The maximum absolute atomic E-state index is 13.2. The van der Waals surface area contributed by atoms with Gasteiger partial charge in [0.15, 0.2) is 11.6 Å². The average Bonchev–Trinajstić information content (AvgIpc) is 2.78. The SMILES string of the molecule is CCc1cnc(CNc2nc(N)ncc2F)o1. The van der Waals surface area contributed by atoms with Gasteiger partial charge >= 0.3 is 0 Å². The van der Waals surface area contributed by atoms with Crippen LogP contribution >= 0.6 is 0 Å². The number of hydrogen-bond donors (Lipinski definition) is 2. The molecule has 0 unspecified atom stereocenters. The second-order valence-electron chi connectivity index (χ2n) is 3.35. The molecule has 0 saturated carbocycles. The summed E-state index contributed by atoms with van der Waals surface area (Å²) in [5, 5.41) is 2.75. The summed E-state index contributed by atoms with van der Waals surface area (Å²) in [5.74, 6) is 0.730. The van der Waals surface area contributed by atoms with Crippen molar-refractivity contribution in [3.05, 3.63) is 29.9 Å². The molecule has 2 aromatic heterocycles. The van der Waals surface area contributed by atoms with E-state index in [1.807, 2.05) is 6.92 Å². The van der Waals surface area contributed by atoms with Crippen LogP contribution in [0, 0.1) is 5.82 Å². The van der Waals surface area contributed by atoms with Crippen LogP contribution in [0.15, 0.2) is 16.8 Å². The van der Waals surface area contributed by atoms with Crippen molar-refractivity contribution in [2.75, 3.05) is 11.1 Å². The van der Waals surface area contributed by atoms with Crippen LogP contribution in [0.2, 0.25) is 0 Å². The Bertz CT molecular complexity index is 513. The van der Waals surface area contributed by atoms with E-state index < -0.39 is 5.82 Å². The summed E-state index contributed by atoms with van der Waals surface area (Å²) in [5.41, 5.74) is 5.35. The smallest absolute Gasteiger partial charge is 0.222 e. The van der Waals surface area contributed by atoms with Crippen LogP contribution in [-0.4, -0.2) is 15.0 Å². The Labute approximate surface area is 97.1 Å². The van der Waals surface area contributed by atoms with Gasteiger partial charge in [0, 0.05) is 6.42 Å². The number of nitrogens with two attached hydrogens (primary N) is 1. The minimum atomic E-state index is -0.568. The third kappa shape index (κ3) is 2.68. The maximum Gasteiger partial charge on any atom is 0.222 e. The van der Waals surface area contributed by atoms with Crippen molar-refractivity contribution in [2.45, 2.75) is 19.9 Å². The van der Waals surface area contributed by atoms with Gasteiger partial charge in [-0.15, -0.1) is 0 Å². The molecule has 0 aliphatic heterocycles. The molecule has 0 spiro atoms. The largest absolute Gasteiger partial charge is 0.444 e. The molecule has 0 amide bonds. The van der Waals surface area contributed by atoms with Gasteiger partial charge in [0.2, 0.25) is 11.8 Å². The first-order chi connectivity index (χ1) is 8.19. The van der Waals surface area contributed by atoms with E-state index >= 15 is 0 Å². The normalized spacial score (nSPS) is 10.5. The number of aryl methyl sites for hydroxylation is 1. The minimum absolute atomic E-state index is 0.00977. The van der Waals surface area contributed by atoms with Crippen LogP contribution in [0.1, 0.15) is 18.6 Å². The van der Waals surface area contributed by atoms with E-state index in [2.05, 4.69) is 20.3 Å². The molecule has 0 atom stereocenters. The number of rotatable bonds is 4. The van der Waals surface area contributed by atoms with Gasteiger partial charge in [0.1, 0.15) is 5.76 Å². The maximum atomic E-state index is 13.2. The van der Waals surface area contributed by atoms with Gasteiger partial charge in [-0.1, -0.05) is 6.92 Å². The van der Waals surface area contributed by atoms with Crippen molar-refractivity contribution in [1.82, 2.24) is 15.0 Å². The summed E-state index contributed by atoms with van der Waals surface area (Å²) >= 11 is 0. The standard InChI is InChI=1S/C10H12FN5O/c1-2-6-3-13-8(17-6)5-14-9-7(11)4-15-10(12)16-9/h3-4H,2,5H2,1H3,(H3,12,14,15,16). The molecular formula is C10H12FN5O. The Morgan fingerprint density at radius 3 is 2.94 bits per heavy atom. The van der Waals surface area contributed by atoms with Crippen LogP contribution in [0.4, 0.5) is 16.2 Å². The third-order valence-corrected chi connectivity index (χ3v) is 2.12. The van der Waals surface area contributed by atoms with Crippen molar-refractivity contribution in [2.24, 2.45) is 0 Å². The summed E-state index contributed by atoms with van der Waals surface area (Å²) in [6.07, 6.45) is 3.42. The number of anilines is 2. The van der Waals surface area contributed by atoms with Crippen molar-refractivity contribution in [1.29, 1.82) is 0 Å². The van der Waals surface area contributed by atoms with E-state index in [-0.39, 0.29) is 18.3 Å². The Morgan fingerprint density at radius 1 is 1.41 bits per heavy atom. The molecule has 2 rings (SSSR count). The van der Waals surface area contributed by atoms with E-state index in [1.165, 1.54) is 0 Å². The Morgan fingerprint density at radius 2 is 2.24 bits per heavy atom. The van der Waals surface area contributed by atoms with E-state index in [9.17, 15) is 4.39 Å². The van der Waals surface area contributed by atoms with E-state index in [1.54, 1.807) is 6.20 Å². The van der Waals surface area contributed by atoms with Gasteiger partial charge in [-0.2, -0.15) is 4.98 Å². The fourth-order valence-electron chi connectivity index (χ4n) is 1.26.